The summed E-state index contributed by atoms with van der Waals surface area (Å²) >= 11 is 0. The SMILES string of the molecule is COCC1=C2[C@@H](CC/C(=C/c3ccc(O)c(F)c3)c3ccccn3)OB(O)C[C@@H]2[C@@H]2C(=O)N(c3ccccc3)C(=O)[C@@H]2C1. The van der Waals surface area contributed by atoms with Crippen molar-refractivity contribution in [3.05, 3.63) is 101 Å². The summed E-state index contributed by atoms with van der Waals surface area (Å²) in [6.07, 6.45) is 4.46. The summed E-state index contributed by atoms with van der Waals surface area (Å²) in [6.45, 7) is 0.285. The molecule has 0 unspecified atom stereocenters. The second-order valence-corrected chi connectivity index (χ2v) is 11.2. The van der Waals surface area contributed by atoms with Gasteiger partial charge in [-0.05, 0) is 96.3 Å². The Kier molecular flexibility index (Phi) is 8.25. The van der Waals surface area contributed by atoms with Crippen LogP contribution in [0.25, 0.3) is 11.6 Å². The first-order valence-electron chi connectivity index (χ1n) is 14.4. The van der Waals surface area contributed by atoms with Crippen LogP contribution in [-0.2, 0) is 19.0 Å². The molecule has 8 nitrogen and oxygen atoms in total. The topological polar surface area (TPSA) is 109 Å². The number of nitrogens with zero attached hydrogens (tertiary/aromatic N) is 2. The molecular weight excluding hydrogens is 550 g/mol. The summed E-state index contributed by atoms with van der Waals surface area (Å²) in [4.78, 5) is 33.3. The zero-order valence-corrected chi connectivity index (χ0v) is 23.7. The zero-order valence-electron chi connectivity index (χ0n) is 23.7. The van der Waals surface area contributed by atoms with E-state index in [1.807, 2.05) is 30.3 Å². The summed E-state index contributed by atoms with van der Waals surface area (Å²) in [5.41, 5.74) is 4.46. The Hall–Kier alpha value is -4.12. The monoisotopic (exact) mass is 582 g/mol. The Morgan fingerprint density at radius 3 is 2.63 bits per heavy atom. The minimum atomic E-state index is -1.11. The molecule has 2 fully saturated rings. The largest absolute Gasteiger partial charge is 0.505 e. The Morgan fingerprint density at radius 2 is 1.91 bits per heavy atom. The molecule has 220 valence electrons. The number of rotatable bonds is 8. The maximum absolute atomic E-state index is 14.1. The van der Waals surface area contributed by atoms with Crippen molar-refractivity contribution in [1.29, 1.82) is 0 Å². The molecule has 1 aromatic heterocycles. The number of hydrogen-bond donors (Lipinski definition) is 2. The molecule has 2 aliphatic heterocycles. The lowest BCUT2D eigenvalue weighted by Gasteiger charge is -2.43. The van der Waals surface area contributed by atoms with Gasteiger partial charge in [-0.3, -0.25) is 19.5 Å². The smallest absolute Gasteiger partial charge is 0.455 e. The van der Waals surface area contributed by atoms with Gasteiger partial charge in [0.1, 0.15) is 0 Å². The van der Waals surface area contributed by atoms with Crippen LogP contribution in [0.3, 0.4) is 0 Å². The van der Waals surface area contributed by atoms with Crippen molar-refractivity contribution >= 4 is 36.3 Å². The number of benzene rings is 2. The third-order valence-corrected chi connectivity index (χ3v) is 8.62. The van der Waals surface area contributed by atoms with Gasteiger partial charge < -0.3 is 19.5 Å². The minimum Gasteiger partial charge on any atom is -0.505 e. The molecule has 3 heterocycles. The number of phenolic OH excluding ortho intramolecular Hbond substituents is 1. The summed E-state index contributed by atoms with van der Waals surface area (Å²) in [5.74, 6) is -3.14. The lowest BCUT2D eigenvalue weighted by molar-refractivity contribution is -0.122. The highest BCUT2D eigenvalue weighted by Gasteiger charge is 2.57. The minimum absolute atomic E-state index is 0.206. The number of carbonyl (C=O) groups excluding carboxylic acids is 2. The van der Waals surface area contributed by atoms with Gasteiger partial charge in [0.15, 0.2) is 11.6 Å². The fourth-order valence-corrected chi connectivity index (χ4v) is 6.83. The lowest BCUT2D eigenvalue weighted by Crippen LogP contribution is -2.46. The number of aromatic hydroxyl groups is 1. The highest BCUT2D eigenvalue weighted by molar-refractivity contribution is 6.43. The fraction of sp³-hybridized carbons (Fsp3) is 0.303. The number of methoxy groups -OCH3 is 1. The van der Waals surface area contributed by atoms with Crippen LogP contribution in [0, 0.1) is 23.6 Å². The van der Waals surface area contributed by atoms with E-state index >= 15 is 0 Å². The van der Waals surface area contributed by atoms with Crippen LogP contribution >= 0.6 is 0 Å². The number of ether oxygens (including phenoxy) is 1. The van der Waals surface area contributed by atoms with Crippen molar-refractivity contribution in [2.75, 3.05) is 18.6 Å². The van der Waals surface area contributed by atoms with Crippen LogP contribution in [0.4, 0.5) is 10.1 Å². The molecule has 2 aromatic carbocycles. The quantitative estimate of drug-likeness (QED) is 0.221. The summed E-state index contributed by atoms with van der Waals surface area (Å²) in [5, 5.41) is 20.5. The van der Waals surface area contributed by atoms with Crippen molar-refractivity contribution < 1.29 is 33.5 Å². The van der Waals surface area contributed by atoms with Crippen LogP contribution < -0.4 is 4.90 Å². The van der Waals surface area contributed by atoms with E-state index in [0.717, 1.165) is 16.7 Å². The maximum Gasteiger partial charge on any atom is 0.455 e. The van der Waals surface area contributed by atoms with Gasteiger partial charge >= 0.3 is 7.12 Å². The average molecular weight is 582 g/mol. The Bertz CT molecular complexity index is 1580. The van der Waals surface area contributed by atoms with E-state index in [0.29, 0.717) is 36.2 Å². The average Bonchev–Trinajstić information content (AvgIpc) is 3.26. The predicted octanol–water partition coefficient (Wildman–Crippen LogP) is 4.90. The normalized spacial score (nSPS) is 23.9. The molecule has 43 heavy (non-hydrogen) atoms. The summed E-state index contributed by atoms with van der Waals surface area (Å²) in [6, 6.07) is 18.7. The molecule has 1 aliphatic carbocycles. The van der Waals surface area contributed by atoms with Gasteiger partial charge in [0, 0.05) is 13.3 Å². The second-order valence-electron chi connectivity index (χ2n) is 11.2. The third-order valence-electron chi connectivity index (χ3n) is 8.62. The van der Waals surface area contributed by atoms with Gasteiger partial charge in [-0.1, -0.05) is 30.3 Å². The van der Waals surface area contributed by atoms with Crippen molar-refractivity contribution in [1.82, 2.24) is 4.98 Å². The molecule has 3 aliphatic rings. The molecule has 2 amide bonds. The first-order chi connectivity index (χ1) is 20.9. The zero-order chi connectivity index (χ0) is 30.1. The van der Waals surface area contributed by atoms with E-state index < -0.39 is 36.6 Å². The number of aromatic nitrogens is 1. The predicted molar refractivity (Wildman–Crippen MR) is 160 cm³/mol. The van der Waals surface area contributed by atoms with Crippen molar-refractivity contribution in [2.24, 2.45) is 17.8 Å². The molecule has 2 N–H and O–H groups in total. The van der Waals surface area contributed by atoms with Gasteiger partial charge in [0.25, 0.3) is 0 Å². The molecule has 4 atom stereocenters. The Labute approximate surface area is 249 Å². The van der Waals surface area contributed by atoms with Gasteiger partial charge in [-0.25, -0.2) is 4.39 Å². The van der Waals surface area contributed by atoms with Crippen LogP contribution in [0.2, 0.25) is 6.32 Å². The van der Waals surface area contributed by atoms with E-state index in [2.05, 4.69) is 4.98 Å². The van der Waals surface area contributed by atoms with Gasteiger partial charge in [-0.2, -0.15) is 0 Å². The first-order valence-corrected chi connectivity index (χ1v) is 14.4. The van der Waals surface area contributed by atoms with Crippen LogP contribution in [0.15, 0.2) is 84.1 Å². The third kappa shape index (κ3) is 5.65. The number of imide groups is 1. The number of halogens is 1. The number of allylic oxidation sites excluding steroid dienone is 1. The van der Waals surface area contributed by atoms with Crippen LogP contribution in [0.1, 0.15) is 30.5 Å². The van der Waals surface area contributed by atoms with Gasteiger partial charge in [-0.15, -0.1) is 0 Å². The number of carbonyl (C=O) groups is 2. The number of amides is 2. The molecule has 10 heteroatoms. The van der Waals surface area contributed by atoms with E-state index in [4.69, 9.17) is 9.39 Å². The molecule has 0 saturated carbocycles. The van der Waals surface area contributed by atoms with E-state index in [1.54, 1.807) is 43.6 Å². The Balaban J connectivity index is 1.33. The number of pyridine rings is 1. The molecule has 0 spiro atoms. The number of para-hydroxylation sites is 1. The van der Waals surface area contributed by atoms with E-state index in [9.17, 15) is 24.1 Å². The number of anilines is 1. The summed E-state index contributed by atoms with van der Waals surface area (Å²) < 4.78 is 25.8. The molecule has 0 bridgehead atoms. The van der Waals surface area contributed by atoms with E-state index in [1.165, 1.54) is 17.0 Å². The molecule has 2 saturated heterocycles. The maximum atomic E-state index is 14.1. The molecule has 6 rings (SSSR count). The first kappa shape index (κ1) is 29.0. The van der Waals surface area contributed by atoms with Gasteiger partial charge in [0.05, 0.1) is 35.9 Å². The lowest BCUT2D eigenvalue weighted by atomic mass is 9.58. The van der Waals surface area contributed by atoms with E-state index in [-0.39, 0.29) is 30.7 Å². The molecular formula is C33H32BFN2O6. The summed E-state index contributed by atoms with van der Waals surface area (Å²) in [7, 11) is 0.488. The van der Waals surface area contributed by atoms with Crippen molar-refractivity contribution in [3.8, 4) is 5.75 Å². The van der Waals surface area contributed by atoms with Crippen molar-refractivity contribution in [2.45, 2.75) is 31.7 Å². The van der Waals surface area contributed by atoms with Crippen LogP contribution in [0.5, 0.6) is 5.75 Å². The Morgan fingerprint density at radius 1 is 1.12 bits per heavy atom. The second kappa shape index (κ2) is 12.2. The molecule has 0 radical (unpaired) electrons. The van der Waals surface area contributed by atoms with Gasteiger partial charge in [0.2, 0.25) is 11.8 Å². The molecule has 3 aromatic rings. The highest BCUT2D eigenvalue weighted by atomic mass is 19.1. The number of fused-ring (bicyclic) bond motifs is 3. The number of hydrogen-bond acceptors (Lipinski definition) is 7. The fourth-order valence-electron chi connectivity index (χ4n) is 6.83. The van der Waals surface area contributed by atoms with Crippen molar-refractivity contribution in [3.63, 3.8) is 0 Å². The number of phenols is 1. The standard InChI is InChI=1S/C33H32BFN2O6/c1-42-19-22-17-24-31(33(40)37(32(24)39)23-7-3-2-4-8-23)25-18-34(41)43-29(30(22)25)13-11-21(27-9-5-6-14-36-27)15-20-10-12-28(38)26(35)16-20/h2-10,12,14-16,24-25,29,31,38,41H,11,13,17-19H2,1H3/b21-15-/t24-,25+,29-,31-/m1/s1. The van der Waals surface area contributed by atoms with Crippen LogP contribution in [-0.4, -0.2) is 53.9 Å². The highest BCUT2D eigenvalue weighted by Crippen LogP contribution is 2.51.